The zero-order valence-electron chi connectivity index (χ0n) is 8.84. The predicted molar refractivity (Wildman–Crippen MR) is 64.7 cm³/mol. The maximum absolute atomic E-state index is 11.3. The molecule has 0 amide bonds. The van der Waals surface area contributed by atoms with E-state index in [1.807, 2.05) is 0 Å². The van der Waals surface area contributed by atoms with Crippen molar-refractivity contribution in [3.63, 3.8) is 0 Å². The zero-order valence-corrected chi connectivity index (χ0v) is 10.8. The molecule has 0 aromatic heterocycles. The third kappa shape index (κ3) is 4.29. The Kier molecular flexibility index (Phi) is 4.44. The summed E-state index contributed by atoms with van der Waals surface area (Å²) in [6, 6.07) is 6.33. The Balaban J connectivity index is 2.79. The Morgan fingerprint density at radius 2 is 1.88 bits per heavy atom. The Morgan fingerprint density at radius 3 is 2.31 bits per heavy atom. The van der Waals surface area contributed by atoms with Gasteiger partial charge in [-0.3, -0.25) is 0 Å². The lowest BCUT2D eigenvalue weighted by Gasteiger charge is -2.03. The normalized spacial score (nSPS) is 11.1. The van der Waals surface area contributed by atoms with E-state index in [-0.39, 0.29) is 5.75 Å². The molecule has 4 nitrogen and oxygen atoms in total. The molecule has 0 N–H and O–H groups in total. The highest BCUT2D eigenvalue weighted by molar-refractivity contribution is 8.37. The van der Waals surface area contributed by atoms with Crippen LogP contribution in [0.15, 0.2) is 24.3 Å². The van der Waals surface area contributed by atoms with Crippen molar-refractivity contribution in [2.24, 2.45) is 0 Å². The molecule has 1 atom stereocenters. The first-order valence-corrected chi connectivity index (χ1v) is 7.82. The van der Waals surface area contributed by atoms with Crippen molar-refractivity contribution < 1.29 is 17.9 Å². The molecule has 1 aromatic rings. The van der Waals surface area contributed by atoms with Gasteiger partial charge in [-0.15, -0.1) is 0 Å². The minimum atomic E-state index is -3.12. The second kappa shape index (κ2) is 5.41. The topological polar surface area (TPSA) is 60.4 Å². The monoisotopic (exact) mass is 260 g/mol. The lowest BCUT2D eigenvalue weighted by molar-refractivity contribution is 0.0526. The van der Waals surface area contributed by atoms with E-state index >= 15 is 0 Å². The number of carbonyl (C=O) groups is 1. The molecular formula is C10H13O4PS. The van der Waals surface area contributed by atoms with Gasteiger partial charge in [0.2, 0.25) is 0 Å². The first-order valence-electron chi connectivity index (χ1n) is 4.69. The SMILES string of the molecule is CCOC(=O)c1ccc(CS(=O)(=O)P)cc1. The molecule has 16 heavy (non-hydrogen) atoms. The first kappa shape index (κ1) is 13.1. The summed E-state index contributed by atoms with van der Waals surface area (Å²) in [5.41, 5.74) is 1.06. The van der Waals surface area contributed by atoms with E-state index in [0.29, 0.717) is 17.7 Å². The summed E-state index contributed by atoms with van der Waals surface area (Å²) in [4.78, 5) is 11.3. The van der Waals surface area contributed by atoms with Gasteiger partial charge >= 0.3 is 5.97 Å². The van der Waals surface area contributed by atoms with Crippen LogP contribution in [0, 0.1) is 0 Å². The fourth-order valence-corrected chi connectivity index (χ4v) is 2.42. The second-order valence-corrected chi connectivity index (χ2v) is 6.99. The van der Waals surface area contributed by atoms with Crippen molar-refractivity contribution in [1.82, 2.24) is 0 Å². The van der Waals surface area contributed by atoms with Crippen LogP contribution in [0.3, 0.4) is 0 Å². The van der Waals surface area contributed by atoms with Gasteiger partial charge in [-0.05, 0) is 33.1 Å². The van der Waals surface area contributed by atoms with Crippen LogP contribution in [-0.4, -0.2) is 21.0 Å². The smallest absolute Gasteiger partial charge is 0.338 e. The number of esters is 1. The van der Waals surface area contributed by atoms with E-state index in [1.54, 1.807) is 39.6 Å². The second-order valence-electron chi connectivity index (χ2n) is 3.22. The summed E-state index contributed by atoms with van der Waals surface area (Å²) >= 11 is 0. The quantitative estimate of drug-likeness (QED) is 0.609. The lowest BCUT2D eigenvalue weighted by Crippen LogP contribution is -2.04. The fourth-order valence-electron chi connectivity index (χ4n) is 1.18. The van der Waals surface area contributed by atoms with Crippen LogP contribution in [0.2, 0.25) is 0 Å². The van der Waals surface area contributed by atoms with Gasteiger partial charge in [0, 0.05) is 0 Å². The molecule has 1 aromatic carbocycles. The molecule has 0 aliphatic heterocycles. The summed E-state index contributed by atoms with van der Waals surface area (Å²) in [6.45, 7) is 2.05. The number of hydrogen-bond donors (Lipinski definition) is 0. The van der Waals surface area contributed by atoms with Crippen molar-refractivity contribution >= 4 is 23.9 Å². The third-order valence-corrected chi connectivity index (χ3v) is 3.07. The van der Waals surface area contributed by atoms with Gasteiger partial charge < -0.3 is 4.74 Å². The van der Waals surface area contributed by atoms with Crippen molar-refractivity contribution in [2.45, 2.75) is 12.7 Å². The molecule has 0 saturated carbocycles. The van der Waals surface area contributed by atoms with Gasteiger partial charge in [-0.25, -0.2) is 13.2 Å². The molecule has 0 aliphatic rings. The number of benzene rings is 1. The summed E-state index contributed by atoms with van der Waals surface area (Å²) < 4.78 is 26.8. The number of rotatable bonds is 4. The van der Waals surface area contributed by atoms with E-state index < -0.39 is 15.4 Å². The lowest BCUT2D eigenvalue weighted by atomic mass is 10.1. The minimum Gasteiger partial charge on any atom is -0.462 e. The van der Waals surface area contributed by atoms with E-state index in [0.717, 1.165) is 0 Å². The van der Waals surface area contributed by atoms with E-state index in [2.05, 4.69) is 0 Å². The highest BCUT2D eigenvalue weighted by Gasteiger charge is 2.08. The molecule has 0 aliphatic carbocycles. The molecule has 0 radical (unpaired) electrons. The average molecular weight is 260 g/mol. The molecule has 88 valence electrons. The molecular weight excluding hydrogens is 247 g/mol. The van der Waals surface area contributed by atoms with E-state index in [1.165, 1.54) is 0 Å². The number of ether oxygens (including phenoxy) is 1. The van der Waals surface area contributed by atoms with Crippen LogP contribution in [0.4, 0.5) is 0 Å². The molecule has 0 heterocycles. The first-order chi connectivity index (χ1) is 7.42. The standard InChI is InChI=1S/C10H13O4PS/c1-2-14-10(11)9-5-3-8(4-6-9)7-16(12,13)15/h3-6H,2,7,15H2,1H3. The molecule has 1 rings (SSSR count). The van der Waals surface area contributed by atoms with Crippen LogP contribution in [0.5, 0.6) is 0 Å². The van der Waals surface area contributed by atoms with Gasteiger partial charge in [0.25, 0.3) is 0 Å². The van der Waals surface area contributed by atoms with Crippen molar-refractivity contribution in [3.8, 4) is 0 Å². The average Bonchev–Trinajstić information content (AvgIpc) is 2.16. The Hall–Kier alpha value is -0.930. The van der Waals surface area contributed by atoms with Gasteiger partial charge in [0.15, 0.2) is 9.46 Å². The Labute approximate surface area is 96.9 Å². The number of hydrogen-bond acceptors (Lipinski definition) is 4. The highest BCUT2D eigenvalue weighted by atomic mass is 32.7. The summed E-state index contributed by atoms with van der Waals surface area (Å²) in [7, 11) is -1.33. The Morgan fingerprint density at radius 1 is 1.31 bits per heavy atom. The van der Waals surface area contributed by atoms with Gasteiger partial charge in [-0.1, -0.05) is 12.1 Å². The summed E-state index contributed by atoms with van der Waals surface area (Å²) in [5.74, 6) is -0.455. The van der Waals surface area contributed by atoms with Gasteiger partial charge in [-0.2, -0.15) is 0 Å². The molecule has 0 fully saturated rings. The molecule has 0 spiro atoms. The van der Waals surface area contributed by atoms with Crippen LogP contribution in [0.1, 0.15) is 22.8 Å². The van der Waals surface area contributed by atoms with Gasteiger partial charge in [0.1, 0.15) is 0 Å². The maximum atomic E-state index is 11.3. The minimum absolute atomic E-state index is 0.0548. The third-order valence-electron chi connectivity index (χ3n) is 1.83. The predicted octanol–water partition coefficient (Wildman–Crippen LogP) is 1.57. The largest absolute Gasteiger partial charge is 0.462 e. The van der Waals surface area contributed by atoms with Crippen molar-refractivity contribution in [2.75, 3.05) is 6.61 Å². The van der Waals surface area contributed by atoms with E-state index in [4.69, 9.17) is 4.74 Å². The molecule has 0 saturated heterocycles. The Bertz CT molecular complexity index is 464. The summed E-state index contributed by atoms with van der Waals surface area (Å²) in [6.07, 6.45) is 0. The molecule has 1 unspecified atom stereocenters. The molecule has 0 bridgehead atoms. The van der Waals surface area contributed by atoms with Crippen molar-refractivity contribution in [1.29, 1.82) is 0 Å². The highest BCUT2D eigenvalue weighted by Crippen LogP contribution is 2.13. The van der Waals surface area contributed by atoms with Crippen LogP contribution in [0.25, 0.3) is 0 Å². The van der Waals surface area contributed by atoms with Gasteiger partial charge in [0.05, 0.1) is 17.9 Å². The van der Waals surface area contributed by atoms with Crippen LogP contribution < -0.4 is 0 Å². The summed E-state index contributed by atoms with van der Waals surface area (Å²) in [5, 5.41) is 0. The molecule has 6 heteroatoms. The maximum Gasteiger partial charge on any atom is 0.338 e. The van der Waals surface area contributed by atoms with E-state index in [9.17, 15) is 13.2 Å². The van der Waals surface area contributed by atoms with Crippen LogP contribution >= 0.6 is 8.44 Å². The van der Waals surface area contributed by atoms with Crippen LogP contribution in [-0.2, 0) is 19.9 Å². The zero-order chi connectivity index (χ0) is 12.2. The fraction of sp³-hybridized carbons (Fsp3) is 0.300. The number of carbonyl (C=O) groups excluding carboxylic acids is 1. The van der Waals surface area contributed by atoms with Crippen molar-refractivity contribution in [3.05, 3.63) is 35.4 Å².